The van der Waals surface area contributed by atoms with Crippen LogP contribution in [0.2, 0.25) is 0 Å². The Bertz CT molecular complexity index is 292. The second kappa shape index (κ2) is 4.47. The molecule has 0 radical (unpaired) electrons. The van der Waals surface area contributed by atoms with Gasteiger partial charge in [-0.2, -0.15) is 0 Å². The Morgan fingerprint density at radius 2 is 2.21 bits per heavy atom. The summed E-state index contributed by atoms with van der Waals surface area (Å²) in [7, 11) is 0. The topological polar surface area (TPSA) is 35.2 Å². The fourth-order valence-electron chi connectivity index (χ4n) is 1.95. The molecule has 1 saturated heterocycles. The molecule has 2 nitrogen and oxygen atoms in total. The maximum Gasteiger partial charge on any atom is 0.0579 e. The molecule has 1 unspecified atom stereocenters. The molecule has 1 aliphatic rings. The second-order valence-electron chi connectivity index (χ2n) is 3.87. The van der Waals surface area contributed by atoms with Gasteiger partial charge in [0.15, 0.2) is 0 Å². The number of nitrogens with two attached hydrogens (primary N) is 1. The van der Waals surface area contributed by atoms with Crippen LogP contribution in [0.1, 0.15) is 24.8 Å². The molecule has 1 heterocycles. The first-order valence-corrected chi connectivity index (χ1v) is 5.31. The zero-order valence-electron chi connectivity index (χ0n) is 8.41. The third kappa shape index (κ3) is 2.26. The van der Waals surface area contributed by atoms with Crippen LogP contribution in [-0.4, -0.2) is 12.7 Å². The highest BCUT2D eigenvalue weighted by atomic mass is 16.5. The van der Waals surface area contributed by atoms with Crippen LogP contribution in [0.5, 0.6) is 0 Å². The van der Waals surface area contributed by atoms with Crippen LogP contribution in [0.4, 0.5) is 5.69 Å². The standard InChI is InChI=1S/C12H17NO/c13-12-6-2-1-4-10(12)7-8-11-5-3-9-14-11/h1-2,4,6,11H,3,5,7-9,13H2. The van der Waals surface area contributed by atoms with Crippen LogP contribution in [-0.2, 0) is 11.2 Å². The number of benzene rings is 1. The molecule has 1 aromatic carbocycles. The van der Waals surface area contributed by atoms with Crippen molar-refractivity contribution >= 4 is 5.69 Å². The molecule has 76 valence electrons. The minimum absolute atomic E-state index is 0.467. The van der Waals surface area contributed by atoms with Crippen molar-refractivity contribution in [2.75, 3.05) is 12.3 Å². The van der Waals surface area contributed by atoms with Gasteiger partial charge in [0.05, 0.1) is 6.10 Å². The largest absolute Gasteiger partial charge is 0.399 e. The molecule has 0 spiro atoms. The highest BCUT2D eigenvalue weighted by Crippen LogP contribution is 2.20. The molecule has 0 aliphatic carbocycles. The van der Waals surface area contributed by atoms with Crippen LogP contribution in [0.25, 0.3) is 0 Å². The molecule has 0 aromatic heterocycles. The van der Waals surface area contributed by atoms with Gasteiger partial charge in [-0.3, -0.25) is 0 Å². The van der Waals surface area contributed by atoms with E-state index in [1.807, 2.05) is 18.2 Å². The van der Waals surface area contributed by atoms with Crippen molar-refractivity contribution < 1.29 is 4.74 Å². The number of nitrogen functional groups attached to an aromatic ring is 1. The van der Waals surface area contributed by atoms with Gasteiger partial charge in [0, 0.05) is 12.3 Å². The summed E-state index contributed by atoms with van der Waals surface area (Å²) in [5.41, 5.74) is 8.03. The maximum atomic E-state index is 5.86. The lowest BCUT2D eigenvalue weighted by Gasteiger charge is -2.10. The predicted molar refractivity (Wildman–Crippen MR) is 58.1 cm³/mol. The van der Waals surface area contributed by atoms with Gasteiger partial charge in [-0.1, -0.05) is 18.2 Å². The van der Waals surface area contributed by atoms with E-state index in [9.17, 15) is 0 Å². The van der Waals surface area contributed by atoms with E-state index in [-0.39, 0.29) is 0 Å². The van der Waals surface area contributed by atoms with Gasteiger partial charge in [0.1, 0.15) is 0 Å². The molecule has 1 aliphatic heterocycles. The molecule has 1 atom stereocenters. The molecule has 0 bridgehead atoms. The molecular weight excluding hydrogens is 174 g/mol. The average Bonchev–Trinajstić information content (AvgIpc) is 2.69. The summed E-state index contributed by atoms with van der Waals surface area (Å²) in [6.07, 6.45) is 5.04. The number of aryl methyl sites for hydroxylation is 1. The summed E-state index contributed by atoms with van der Waals surface area (Å²) in [6.45, 7) is 0.939. The zero-order valence-corrected chi connectivity index (χ0v) is 8.41. The first kappa shape index (κ1) is 9.53. The normalized spacial score (nSPS) is 21.3. The molecule has 2 rings (SSSR count). The third-order valence-electron chi connectivity index (χ3n) is 2.81. The summed E-state index contributed by atoms with van der Waals surface area (Å²) in [5, 5.41) is 0. The van der Waals surface area contributed by atoms with Crippen molar-refractivity contribution in [3.63, 3.8) is 0 Å². The monoisotopic (exact) mass is 191 g/mol. The fraction of sp³-hybridized carbons (Fsp3) is 0.500. The van der Waals surface area contributed by atoms with Crippen LogP contribution in [0.15, 0.2) is 24.3 Å². The maximum absolute atomic E-state index is 5.86. The summed E-state index contributed by atoms with van der Waals surface area (Å²) in [5.74, 6) is 0. The Balaban J connectivity index is 1.88. The smallest absolute Gasteiger partial charge is 0.0579 e. The van der Waals surface area contributed by atoms with E-state index in [2.05, 4.69) is 6.07 Å². The SMILES string of the molecule is Nc1ccccc1CCC1CCCO1. The number of anilines is 1. The van der Waals surface area contributed by atoms with Gasteiger partial charge < -0.3 is 10.5 Å². The Morgan fingerprint density at radius 1 is 1.36 bits per heavy atom. The van der Waals surface area contributed by atoms with Crippen molar-refractivity contribution in [1.82, 2.24) is 0 Å². The molecule has 1 aromatic rings. The van der Waals surface area contributed by atoms with E-state index in [1.165, 1.54) is 18.4 Å². The molecule has 2 N–H and O–H groups in total. The zero-order chi connectivity index (χ0) is 9.80. The summed E-state index contributed by atoms with van der Waals surface area (Å²) in [4.78, 5) is 0. The van der Waals surface area contributed by atoms with Crippen molar-refractivity contribution in [3.8, 4) is 0 Å². The molecule has 0 amide bonds. The molecular formula is C12H17NO. The molecule has 1 fully saturated rings. The van der Waals surface area contributed by atoms with E-state index in [1.54, 1.807) is 0 Å². The van der Waals surface area contributed by atoms with Crippen LogP contribution >= 0.6 is 0 Å². The quantitative estimate of drug-likeness (QED) is 0.744. The van der Waals surface area contributed by atoms with Gasteiger partial charge in [-0.25, -0.2) is 0 Å². The number of hydrogen-bond donors (Lipinski definition) is 1. The van der Waals surface area contributed by atoms with E-state index in [0.717, 1.165) is 25.1 Å². The number of hydrogen-bond acceptors (Lipinski definition) is 2. The van der Waals surface area contributed by atoms with Crippen molar-refractivity contribution in [1.29, 1.82) is 0 Å². The molecule has 2 heteroatoms. The Kier molecular flexibility index (Phi) is 3.04. The van der Waals surface area contributed by atoms with Gasteiger partial charge in [-0.05, 0) is 37.3 Å². The first-order chi connectivity index (χ1) is 6.86. The van der Waals surface area contributed by atoms with E-state index >= 15 is 0 Å². The highest BCUT2D eigenvalue weighted by molar-refractivity contribution is 5.46. The predicted octanol–water partition coefficient (Wildman–Crippen LogP) is 2.38. The Labute approximate surface area is 85.1 Å². The Morgan fingerprint density at radius 3 is 2.93 bits per heavy atom. The van der Waals surface area contributed by atoms with Crippen LogP contribution < -0.4 is 5.73 Å². The minimum Gasteiger partial charge on any atom is -0.399 e. The molecule has 14 heavy (non-hydrogen) atoms. The number of para-hydroxylation sites is 1. The Hall–Kier alpha value is -1.02. The minimum atomic E-state index is 0.467. The van der Waals surface area contributed by atoms with Crippen molar-refractivity contribution in [3.05, 3.63) is 29.8 Å². The van der Waals surface area contributed by atoms with Gasteiger partial charge in [-0.15, -0.1) is 0 Å². The third-order valence-corrected chi connectivity index (χ3v) is 2.81. The van der Waals surface area contributed by atoms with E-state index in [0.29, 0.717) is 6.10 Å². The fourth-order valence-corrected chi connectivity index (χ4v) is 1.95. The van der Waals surface area contributed by atoms with Gasteiger partial charge in [0.2, 0.25) is 0 Å². The van der Waals surface area contributed by atoms with Crippen LogP contribution in [0, 0.1) is 0 Å². The summed E-state index contributed by atoms with van der Waals surface area (Å²) >= 11 is 0. The number of rotatable bonds is 3. The number of ether oxygens (including phenoxy) is 1. The lowest BCUT2D eigenvalue weighted by molar-refractivity contribution is 0.104. The highest BCUT2D eigenvalue weighted by Gasteiger charge is 2.15. The lowest BCUT2D eigenvalue weighted by atomic mass is 10.0. The van der Waals surface area contributed by atoms with E-state index in [4.69, 9.17) is 10.5 Å². The van der Waals surface area contributed by atoms with Gasteiger partial charge in [0.25, 0.3) is 0 Å². The van der Waals surface area contributed by atoms with Crippen molar-refractivity contribution in [2.45, 2.75) is 31.8 Å². The average molecular weight is 191 g/mol. The second-order valence-corrected chi connectivity index (χ2v) is 3.87. The van der Waals surface area contributed by atoms with Crippen LogP contribution in [0.3, 0.4) is 0 Å². The van der Waals surface area contributed by atoms with Gasteiger partial charge >= 0.3 is 0 Å². The lowest BCUT2D eigenvalue weighted by Crippen LogP contribution is -2.07. The first-order valence-electron chi connectivity index (χ1n) is 5.31. The summed E-state index contributed by atoms with van der Waals surface area (Å²) < 4.78 is 5.57. The summed E-state index contributed by atoms with van der Waals surface area (Å²) in [6, 6.07) is 8.08. The van der Waals surface area contributed by atoms with E-state index < -0.39 is 0 Å². The molecule has 0 saturated carbocycles. The van der Waals surface area contributed by atoms with Crippen molar-refractivity contribution in [2.24, 2.45) is 0 Å².